The second-order valence-corrected chi connectivity index (χ2v) is 4.88. The molecule has 0 aromatic carbocycles. The van der Waals surface area contributed by atoms with Gasteiger partial charge in [0.25, 0.3) is 11.5 Å². The lowest BCUT2D eigenvalue weighted by Crippen LogP contribution is -2.41. The zero-order chi connectivity index (χ0) is 12.4. The molecule has 4 heteroatoms. The molecule has 1 aliphatic heterocycles. The molecule has 1 fully saturated rings. The summed E-state index contributed by atoms with van der Waals surface area (Å²) in [6.45, 7) is 5.46. The second kappa shape index (κ2) is 4.73. The molecule has 1 amide bonds. The molecule has 1 saturated heterocycles. The van der Waals surface area contributed by atoms with Gasteiger partial charge in [0, 0.05) is 18.8 Å². The highest BCUT2D eigenvalue weighted by Gasteiger charge is 2.23. The van der Waals surface area contributed by atoms with Crippen LogP contribution in [0.5, 0.6) is 0 Å². The zero-order valence-corrected chi connectivity index (χ0v) is 10.3. The summed E-state index contributed by atoms with van der Waals surface area (Å²) >= 11 is 0. The van der Waals surface area contributed by atoms with Crippen molar-refractivity contribution in [2.24, 2.45) is 5.92 Å². The lowest BCUT2D eigenvalue weighted by molar-refractivity contribution is 0.0681. The summed E-state index contributed by atoms with van der Waals surface area (Å²) in [4.78, 5) is 28.3. The molecule has 1 atom stereocenters. The predicted octanol–water partition coefficient (Wildman–Crippen LogP) is 1.56. The highest BCUT2D eigenvalue weighted by molar-refractivity contribution is 5.93. The van der Waals surface area contributed by atoms with E-state index in [1.54, 1.807) is 24.0 Å². The van der Waals surface area contributed by atoms with Crippen LogP contribution in [0.2, 0.25) is 0 Å². The van der Waals surface area contributed by atoms with Crippen molar-refractivity contribution in [3.8, 4) is 0 Å². The normalized spacial score (nSPS) is 20.4. The van der Waals surface area contributed by atoms with Crippen LogP contribution in [0, 0.1) is 12.8 Å². The first-order valence-electron chi connectivity index (χ1n) is 6.07. The van der Waals surface area contributed by atoms with Crippen molar-refractivity contribution in [1.82, 2.24) is 9.88 Å². The summed E-state index contributed by atoms with van der Waals surface area (Å²) in [5.74, 6) is 0.384. The second-order valence-electron chi connectivity index (χ2n) is 4.88. The smallest absolute Gasteiger partial charge is 0.260 e. The molecule has 1 N–H and O–H groups in total. The van der Waals surface area contributed by atoms with Crippen molar-refractivity contribution >= 4 is 5.91 Å². The molecule has 0 aliphatic carbocycles. The molecule has 0 bridgehead atoms. The van der Waals surface area contributed by atoms with Gasteiger partial charge in [0.2, 0.25) is 0 Å². The minimum absolute atomic E-state index is 0.141. The highest BCUT2D eigenvalue weighted by atomic mass is 16.2. The third-order valence-electron chi connectivity index (χ3n) is 3.23. The molecule has 92 valence electrons. The van der Waals surface area contributed by atoms with E-state index in [0.29, 0.717) is 5.92 Å². The van der Waals surface area contributed by atoms with Gasteiger partial charge < -0.3 is 9.88 Å². The third kappa shape index (κ3) is 2.57. The van der Waals surface area contributed by atoms with Gasteiger partial charge in [0.05, 0.1) is 0 Å². The maximum Gasteiger partial charge on any atom is 0.260 e. The van der Waals surface area contributed by atoms with Gasteiger partial charge in [-0.2, -0.15) is 0 Å². The number of carbonyl (C=O) groups is 1. The Labute approximate surface area is 101 Å². The Balaban J connectivity index is 2.22. The molecule has 0 saturated carbocycles. The Morgan fingerprint density at radius 2 is 2.24 bits per heavy atom. The highest BCUT2D eigenvalue weighted by Crippen LogP contribution is 2.16. The van der Waals surface area contributed by atoms with E-state index in [-0.39, 0.29) is 17.0 Å². The number of rotatable bonds is 1. The maximum absolute atomic E-state index is 12.2. The van der Waals surface area contributed by atoms with Crippen LogP contribution in [-0.4, -0.2) is 28.9 Å². The number of hydrogen-bond acceptors (Lipinski definition) is 2. The SMILES string of the molecule is Cc1ccc(C(=O)N2CCC[C@H](C)C2)c(=O)[nH]1. The van der Waals surface area contributed by atoms with Gasteiger partial charge in [-0.25, -0.2) is 0 Å². The van der Waals surface area contributed by atoms with Gasteiger partial charge in [-0.3, -0.25) is 9.59 Å². The number of aryl methyl sites for hydroxylation is 1. The molecule has 2 rings (SSSR count). The van der Waals surface area contributed by atoms with E-state index in [1.807, 2.05) is 0 Å². The molecular formula is C13H18N2O2. The molecule has 2 heterocycles. The summed E-state index contributed by atoms with van der Waals surface area (Å²) in [6, 6.07) is 3.39. The topological polar surface area (TPSA) is 53.2 Å². The molecule has 0 spiro atoms. The van der Waals surface area contributed by atoms with Gasteiger partial charge in [0.1, 0.15) is 5.56 Å². The first-order chi connectivity index (χ1) is 8.08. The van der Waals surface area contributed by atoms with E-state index in [9.17, 15) is 9.59 Å². The van der Waals surface area contributed by atoms with Crippen molar-refractivity contribution < 1.29 is 4.79 Å². The summed E-state index contributed by atoms with van der Waals surface area (Å²) in [6.07, 6.45) is 2.19. The molecule has 1 aliphatic rings. The number of carbonyl (C=O) groups excluding carboxylic acids is 1. The summed E-state index contributed by atoms with van der Waals surface area (Å²) in [7, 11) is 0. The Morgan fingerprint density at radius 1 is 1.47 bits per heavy atom. The lowest BCUT2D eigenvalue weighted by atomic mass is 10.00. The Bertz CT molecular complexity index is 479. The number of aromatic amines is 1. The number of amides is 1. The monoisotopic (exact) mass is 234 g/mol. The van der Waals surface area contributed by atoms with Gasteiger partial charge >= 0.3 is 0 Å². The summed E-state index contributed by atoms with van der Waals surface area (Å²) in [5, 5.41) is 0. The number of nitrogens with one attached hydrogen (secondary N) is 1. The van der Waals surface area contributed by atoms with Gasteiger partial charge in [-0.1, -0.05) is 6.92 Å². The van der Waals surface area contributed by atoms with E-state index in [1.165, 1.54) is 0 Å². The van der Waals surface area contributed by atoms with Crippen molar-refractivity contribution in [2.75, 3.05) is 13.1 Å². The molecule has 4 nitrogen and oxygen atoms in total. The fourth-order valence-corrected chi connectivity index (χ4v) is 2.28. The van der Waals surface area contributed by atoms with E-state index in [2.05, 4.69) is 11.9 Å². The quantitative estimate of drug-likeness (QED) is 0.801. The Kier molecular flexibility index (Phi) is 3.31. The summed E-state index contributed by atoms with van der Waals surface area (Å²) < 4.78 is 0. The first kappa shape index (κ1) is 11.9. The van der Waals surface area contributed by atoms with Crippen LogP contribution < -0.4 is 5.56 Å². The van der Waals surface area contributed by atoms with Crippen LogP contribution in [0.1, 0.15) is 35.8 Å². The Morgan fingerprint density at radius 3 is 2.88 bits per heavy atom. The van der Waals surface area contributed by atoms with Crippen molar-refractivity contribution in [3.05, 3.63) is 33.7 Å². The number of likely N-dealkylation sites (tertiary alicyclic amines) is 1. The minimum atomic E-state index is -0.284. The molecule has 0 radical (unpaired) electrons. The number of aromatic nitrogens is 1. The number of piperidine rings is 1. The Hall–Kier alpha value is -1.58. The van der Waals surface area contributed by atoms with Crippen LogP contribution in [0.25, 0.3) is 0 Å². The number of pyridine rings is 1. The zero-order valence-electron chi connectivity index (χ0n) is 10.3. The standard InChI is InChI=1S/C13H18N2O2/c1-9-4-3-7-15(8-9)13(17)11-6-5-10(2)14-12(11)16/h5-6,9H,3-4,7-8H2,1-2H3,(H,14,16)/t9-/m0/s1. The van der Waals surface area contributed by atoms with Gasteiger partial charge in [-0.05, 0) is 37.8 Å². The van der Waals surface area contributed by atoms with E-state index in [0.717, 1.165) is 31.6 Å². The van der Waals surface area contributed by atoms with Crippen molar-refractivity contribution in [1.29, 1.82) is 0 Å². The minimum Gasteiger partial charge on any atom is -0.338 e. The van der Waals surface area contributed by atoms with Gasteiger partial charge in [0.15, 0.2) is 0 Å². The van der Waals surface area contributed by atoms with Gasteiger partial charge in [-0.15, -0.1) is 0 Å². The van der Waals surface area contributed by atoms with Crippen LogP contribution in [-0.2, 0) is 0 Å². The van der Waals surface area contributed by atoms with Crippen LogP contribution >= 0.6 is 0 Å². The molecule has 1 aromatic rings. The van der Waals surface area contributed by atoms with E-state index >= 15 is 0 Å². The van der Waals surface area contributed by atoms with E-state index in [4.69, 9.17) is 0 Å². The van der Waals surface area contributed by atoms with E-state index < -0.39 is 0 Å². The van der Waals surface area contributed by atoms with Crippen LogP contribution in [0.3, 0.4) is 0 Å². The summed E-state index contributed by atoms with van der Waals surface area (Å²) in [5.41, 5.74) is 0.747. The average Bonchev–Trinajstić information content (AvgIpc) is 2.28. The molecule has 1 aromatic heterocycles. The number of nitrogens with zero attached hydrogens (tertiary/aromatic N) is 1. The fourth-order valence-electron chi connectivity index (χ4n) is 2.28. The van der Waals surface area contributed by atoms with Crippen molar-refractivity contribution in [2.45, 2.75) is 26.7 Å². The largest absolute Gasteiger partial charge is 0.338 e. The number of hydrogen-bond donors (Lipinski definition) is 1. The lowest BCUT2D eigenvalue weighted by Gasteiger charge is -2.30. The first-order valence-corrected chi connectivity index (χ1v) is 6.07. The third-order valence-corrected chi connectivity index (χ3v) is 3.23. The van der Waals surface area contributed by atoms with Crippen LogP contribution in [0.4, 0.5) is 0 Å². The molecule has 0 unspecified atom stereocenters. The molecular weight excluding hydrogens is 216 g/mol. The van der Waals surface area contributed by atoms with Crippen molar-refractivity contribution in [3.63, 3.8) is 0 Å². The predicted molar refractivity (Wildman–Crippen MR) is 66.1 cm³/mol. The fraction of sp³-hybridized carbons (Fsp3) is 0.538. The molecule has 17 heavy (non-hydrogen) atoms. The number of H-pyrrole nitrogens is 1. The van der Waals surface area contributed by atoms with Crippen LogP contribution in [0.15, 0.2) is 16.9 Å². The maximum atomic E-state index is 12.2. The average molecular weight is 234 g/mol.